The van der Waals surface area contributed by atoms with Gasteiger partial charge in [0.05, 0.1) is 11.8 Å². The van der Waals surface area contributed by atoms with E-state index in [0.29, 0.717) is 0 Å². The molecule has 0 atom stereocenters. The van der Waals surface area contributed by atoms with Crippen molar-refractivity contribution < 1.29 is 27.1 Å². The molecule has 0 aliphatic rings. The van der Waals surface area contributed by atoms with Crippen LogP contribution in [0.15, 0.2) is 41.0 Å². The minimum absolute atomic E-state index is 0.128. The molecule has 1 aromatic carbocycles. The van der Waals surface area contributed by atoms with Gasteiger partial charge in [-0.25, -0.2) is 4.79 Å². The highest BCUT2D eigenvalue weighted by Gasteiger charge is 2.34. The lowest BCUT2D eigenvalue weighted by molar-refractivity contribution is -0.138. The van der Waals surface area contributed by atoms with Crippen molar-refractivity contribution in [3.8, 4) is 5.75 Å². The molecule has 0 saturated heterocycles. The molecule has 0 amide bonds. The highest BCUT2D eigenvalue weighted by atomic mass is 19.4. The summed E-state index contributed by atoms with van der Waals surface area (Å²) >= 11 is 0. The molecule has 0 saturated carbocycles. The van der Waals surface area contributed by atoms with Gasteiger partial charge in [-0.3, -0.25) is 0 Å². The van der Waals surface area contributed by atoms with Crippen molar-refractivity contribution in [3.05, 3.63) is 47.7 Å². The normalized spacial score (nSPS) is 11.3. The number of carbonyl (C=O) groups is 1. The lowest BCUT2D eigenvalue weighted by atomic mass is 10.2. The smallest absolute Gasteiger partial charge is 0.419 e. The molecule has 19 heavy (non-hydrogen) atoms. The molecule has 100 valence electrons. The van der Waals surface area contributed by atoms with Crippen LogP contribution in [0.2, 0.25) is 0 Å². The van der Waals surface area contributed by atoms with E-state index in [1.165, 1.54) is 18.2 Å². The summed E-state index contributed by atoms with van der Waals surface area (Å²) in [4.78, 5) is 11.6. The van der Waals surface area contributed by atoms with E-state index in [-0.39, 0.29) is 11.4 Å². The lowest BCUT2D eigenvalue weighted by Gasteiger charge is -2.11. The fourth-order valence-corrected chi connectivity index (χ4v) is 1.43. The van der Waals surface area contributed by atoms with Gasteiger partial charge in [0.2, 0.25) is 5.88 Å². The van der Waals surface area contributed by atoms with E-state index in [2.05, 4.69) is 4.42 Å². The van der Waals surface area contributed by atoms with Crippen LogP contribution in [0.4, 0.5) is 19.1 Å². The van der Waals surface area contributed by atoms with Crippen molar-refractivity contribution in [2.24, 2.45) is 0 Å². The number of para-hydroxylation sites is 1. The zero-order chi connectivity index (χ0) is 14.0. The molecule has 0 fully saturated rings. The van der Waals surface area contributed by atoms with Gasteiger partial charge in [-0.1, -0.05) is 12.1 Å². The summed E-state index contributed by atoms with van der Waals surface area (Å²) in [6, 6.07) is 5.62. The molecule has 0 spiro atoms. The first-order valence-electron chi connectivity index (χ1n) is 5.11. The Hall–Kier alpha value is -2.44. The zero-order valence-corrected chi connectivity index (χ0v) is 9.40. The van der Waals surface area contributed by atoms with Crippen LogP contribution in [0.25, 0.3) is 0 Å². The average molecular weight is 271 g/mol. The van der Waals surface area contributed by atoms with Gasteiger partial charge in [0.1, 0.15) is 11.3 Å². The number of alkyl halides is 3. The van der Waals surface area contributed by atoms with Crippen molar-refractivity contribution in [1.29, 1.82) is 0 Å². The third kappa shape index (κ3) is 2.70. The van der Waals surface area contributed by atoms with Crippen molar-refractivity contribution >= 4 is 11.9 Å². The highest BCUT2D eigenvalue weighted by Crippen LogP contribution is 2.36. The monoisotopic (exact) mass is 271 g/mol. The van der Waals surface area contributed by atoms with Gasteiger partial charge in [-0.15, -0.1) is 0 Å². The van der Waals surface area contributed by atoms with E-state index in [1.54, 1.807) is 0 Å². The number of benzene rings is 1. The minimum Gasteiger partial charge on any atom is -0.448 e. The number of halogens is 3. The molecule has 2 rings (SSSR count). The van der Waals surface area contributed by atoms with Crippen molar-refractivity contribution in [3.63, 3.8) is 0 Å². The number of anilines is 1. The molecular weight excluding hydrogens is 263 g/mol. The number of ether oxygens (including phenoxy) is 1. The quantitative estimate of drug-likeness (QED) is 0.673. The van der Waals surface area contributed by atoms with Gasteiger partial charge in [0, 0.05) is 0 Å². The first-order chi connectivity index (χ1) is 8.89. The Morgan fingerprint density at radius 2 is 1.89 bits per heavy atom. The number of furan rings is 1. The van der Waals surface area contributed by atoms with Crippen molar-refractivity contribution in [1.82, 2.24) is 0 Å². The first kappa shape index (κ1) is 13.0. The van der Waals surface area contributed by atoms with Crippen LogP contribution in [-0.2, 0) is 6.18 Å². The Morgan fingerprint density at radius 1 is 1.21 bits per heavy atom. The maximum atomic E-state index is 12.7. The number of nitrogen functional groups attached to an aromatic ring is 1. The fraction of sp³-hybridized carbons (Fsp3) is 0.0833. The fourth-order valence-electron chi connectivity index (χ4n) is 1.43. The van der Waals surface area contributed by atoms with Gasteiger partial charge in [-0.05, 0) is 18.2 Å². The van der Waals surface area contributed by atoms with Crippen LogP contribution >= 0.6 is 0 Å². The second-order valence-electron chi connectivity index (χ2n) is 3.58. The number of rotatable bonds is 2. The van der Waals surface area contributed by atoms with Crippen LogP contribution in [0, 0.1) is 0 Å². The molecule has 0 radical (unpaired) electrons. The maximum Gasteiger partial charge on any atom is 0.419 e. The number of esters is 1. The van der Waals surface area contributed by atoms with Crippen LogP contribution in [-0.4, -0.2) is 5.97 Å². The molecule has 0 unspecified atom stereocenters. The van der Waals surface area contributed by atoms with Gasteiger partial charge < -0.3 is 14.9 Å². The highest BCUT2D eigenvalue weighted by molar-refractivity contribution is 5.95. The van der Waals surface area contributed by atoms with Crippen molar-refractivity contribution in [2.75, 3.05) is 5.73 Å². The zero-order valence-electron chi connectivity index (χ0n) is 9.40. The summed E-state index contributed by atoms with van der Waals surface area (Å²) in [7, 11) is 0. The number of nitrogens with two attached hydrogens (primary N) is 1. The van der Waals surface area contributed by atoms with E-state index in [0.717, 1.165) is 18.4 Å². The second-order valence-corrected chi connectivity index (χ2v) is 3.58. The number of hydrogen-bond acceptors (Lipinski definition) is 4. The average Bonchev–Trinajstić information content (AvgIpc) is 2.75. The van der Waals surface area contributed by atoms with Gasteiger partial charge in [0.25, 0.3) is 0 Å². The van der Waals surface area contributed by atoms with Crippen molar-refractivity contribution in [2.45, 2.75) is 6.18 Å². The Bertz CT molecular complexity index is 604. The Labute approximate surface area is 105 Å². The van der Waals surface area contributed by atoms with Gasteiger partial charge in [-0.2, -0.15) is 13.2 Å². The summed E-state index contributed by atoms with van der Waals surface area (Å²) in [6.07, 6.45) is -3.47. The summed E-state index contributed by atoms with van der Waals surface area (Å²) in [5.41, 5.74) is 4.16. The Balaban J connectivity index is 2.30. The predicted molar refractivity (Wildman–Crippen MR) is 59.5 cm³/mol. The van der Waals surface area contributed by atoms with E-state index < -0.39 is 23.5 Å². The molecule has 4 nitrogen and oxygen atoms in total. The maximum absolute atomic E-state index is 12.7. The summed E-state index contributed by atoms with van der Waals surface area (Å²) in [5, 5.41) is 0. The summed E-state index contributed by atoms with van der Waals surface area (Å²) < 4.78 is 47.4. The van der Waals surface area contributed by atoms with Gasteiger partial charge >= 0.3 is 12.1 Å². The van der Waals surface area contributed by atoms with E-state index >= 15 is 0 Å². The summed E-state index contributed by atoms with van der Waals surface area (Å²) in [5.74, 6) is -1.81. The largest absolute Gasteiger partial charge is 0.448 e. The standard InChI is InChI=1S/C12H8F3NO3/c13-12(14,15)8-3-1-2-4-9(8)19-11(17)7-5-6-18-10(7)16/h1-6H,16H2. The van der Waals surface area contributed by atoms with Crippen LogP contribution in [0.3, 0.4) is 0 Å². The van der Waals surface area contributed by atoms with E-state index in [9.17, 15) is 18.0 Å². The van der Waals surface area contributed by atoms with Crippen LogP contribution < -0.4 is 10.5 Å². The molecule has 1 heterocycles. The van der Waals surface area contributed by atoms with E-state index in [1.807, 2.05) is 0 Å². The Morgan fingerprint density at radius 3 is 2.47 bits per heavy atom. The molecule has 1 aromatic heterocycles. The lowest BCUT2D eigenvalue weighted by Crippen LogP contribution is -2.14. The van der Waals surface area contributed by atoms with E-state index in [4.69, 9.17) is 10.5 Å². The molecule has 0 aliphatic heterocycles. The molecule has 2 N–H and O–H groups in total. The second kappa shape index (κ2) is 4.68. The third-order valence-corrected chi connectivity index (χ3v) is 2.31. The molecule has 2 aromatic rings. The van der Waals surface area contributed by atoms with Crippen LogP contribution in [0.1, 0.15) is 15.9 Å². The molecule has 0 aliphatic carbocycles. The molecule has 7 heteroatoms. The van der Waals surface area contributed by atoms with Gasteiger partial charge in [0.15, 0.2) is 0 Å². The Kier molecular flexibility index (Phi) is 3.20. The third-order valence-electron chi connectivity index (χ3n) is 2.31. The molecular formula is C12H8F3NO3. The summed E-state index contributed by atoms with van der Waals surface area (Å²) in [6.45, 7) is 0. The SMILES string of the molecule is Nc1occc1C(=O)Oc1ccccc1C(F)(F)F. The predicted octanol–water partition coefficient (Wildman–Crippen LogP) is 3.10. The first-order valence-corrected chi connectivity index (χ1v) is 5.11. The molecule has 0 bridgehead atoms. The topological polar surface area (TPSA) is 65.5 Å². The van der Waals surface area contributed by atoms with Crippen LogP contribution in [0.5, 0.6) is 5.75 Å². The number of hydrogen-bond donors (Lipinski definition) is 1. The number of carbonyl (C=O) groups excluding carboxylic acids is 1. The minimum atomic E-state index is -4.61.